The van der Waals surface area contributed by atoms with E-state index in [0.29, 0.717) is 0 Å². The number of aryl methyl sites for hydroxylation is 1. The second-order valence-electron chi connectivity index (χ2n) is 8.17. The van der Waals surface area contributed by atoms with E-state index in [1.54, 1.807) is 0 Å². The third-order valence-corrected chi connectivity index (χ3v) is 6.50. The molecule has 21 heavy (non-hydrogen) atoms. The smallest absolute Gasteiger partial charge is 0.0846 e. The Morgan fingerprint density at radius 3 is 2.00 bits per heavy atom. The van der Waals surface area contributed by atoms with E-state index in [4.69, 9.17) is 0 Å². The van der Waals surface area contributed by atoms with E-state index < -0.39 is 0 Å². The van der Waals surface area contributed by atoms with Gasteiger partial charge in [0, 0.05) is 5.41 Å². The van der Waals surface area contributed by atoms with Crippen LogP contribution < -0.4 is 0 Å². The summed E-state index contributed by atoms with van der Waals surface area (Å²) in [5.41, 5.74) is 2.77. The molecule has 0 aromatic heterocycles. The molecule has 5 rings (SSSR count). The van der Waals surface area contributed by atoms with Crippen LogP contribution in [0, 0.1) is 23.2 Å². The van der Waals surface area contributed by atoms with Crippen LogP contribution in [0.1, 0.15) is 69.1 Å². The van der Waals surface area contributed by atoms with Crippen molar-refractivity contribution >= 4 is 0 Å². The molecule has 1 heteroatoms. The van der Waals surface area contributed by atoms with Crippen LogP contribution in [-0.2, 0) is 6.42 Å². The number of rotatable bonds is 4. The van der Waals surface area contributed by atoms with Gasteiger partial charge in [-0.3, -0.25) is 0 Å². The highest BCUT2D eigenvalue weighted by Crippen LogP contribution is 2.63. The predicted molar refractivity (Wildman–Crippen MR) is 86.0 cm³/mol. The maximum absolute atomic E-state index is 11.1. The van der Waals surface area contributed by atoms with Crippen LogP contribution in [-0.4, -0.2) is 5.11 Å². The van der Waals surface area contributed by atoms with Gasteiger partial charge in [-0.2, -0.15) is 0 Å². The normalized spacial score (nSPS) is 38.7. The van der Waals surface area contributed by atoms with Crippen molar-refractivity contribution in [1.82, 2.24) is 0 Å². The SMILES string of the molecule is CCCc1ccc(C(O)C23CC4CC(CC(C4)C2)C3)cc1. The Hall–Kier alpha value is -0.820. The standard InChI is InChI=1S/C20H28O/c1-2-3-14-4-6-18(7-5-14)19(21)20-11-15-8-16(12-20)10-17(9-15)13-20/h4-7,15-17,19,21H,2-3,8-13H2,1H3. The molecule has 0 aliphatic heterocycles. The van der Waals surface area contributed by atoms with Crippen LogP contribution in [0.2, 0.25) is 0 Å². The molecule has 4 fully saturated rings. The van der Waals surface area contributed by atoms with Crippen LogP contribution >= 0.6 is 0 Å². The van der Waals surface area contributed by atoms with Gasteiger partial charge in [0.05, 0.1) is 6.10 Å². The first-order valence-electron chi connectivity index (χ1n) is 8.95. The van der Waals surface area contributed by atoms with Gasteiger partial charge in [-0.25, -0.2) is 0 Å². The molecule has 1 nitrogen and oxygen atoms in total. The summed E-state index contributed by atoms with van der Waals surface area (Å²) in [7, 11) is 0. The highest BCUT2D eigenvalue weighted by Gasteiger charge is 2.54. The maximum Gasteiger partial charge on any atom is 0.0846 e. The average molecular weight is 284 g/mol. The van der Waals surface area contributed by atoms with Gasteiger partial charge in [0.25, 0.3) is 0 Å². The number of benzene rings is 1. The Bertz CT molecular complexity index is 466. The molecule has 1 aromatic carbocycles. The van der Waals surface area contributed by atoms with Crippen LogP contribution in [0.3, 0.4) is 0 Å². The molecule has 1 atom stereocenters. The zero-order chi connectivity index (χ0) is 14.4. The molecule has 0 spiro atoms. The molecule has 1 unspecified atom stereocenters. The minimum atomic E-state index is -0.235. The minimum absolute atomic E-state index is 0.209. The lowest BCUT2D eigenvalue weighted by molar-refractivity contribution is -0.122. The minimum Gasteiger partial charge on any atom is -0.388 e. The number of hydrogen-bond donors (Lipinski definition) is 1. The molecule has 114 valence electrons. The lowest BCUT2D eigenvalue weighted by Gasteiger charge is -2.58. The first-order valence-corrected chi connectivity index (χ1v) is 8.95. The summed E-state index contributed by atoms with van der Waals surface area (Å²) in [5, 5.41) is 11.1. The Morgan fingerprint density at radius 1 is 1.00 bits per heavy atom. The van der Waals surface area contributed by atoms with Crippen LogP contribution in [0.5, 0.6) is 0 Å². The van der Waals surface area contributed by atoms with Crippen molar-refractivity contribution in [2.24, 2.45) is 23.2 Å². The van der Waals surface area contributed by atoms with Crippen molar-refractivity contribution in [3.05, 3.63) is 35.4 Å². The summed E-state index contributed by atoms with van der Waals surface area (Å²) in [6.07, 6.45) is 10.3. The zero-order valence-electron chi connectivity index (χ0n) is 13.2. The summed E-state index contributed by atoms with van der Waals surface area (Å²) in [5.74, 6) is 2.72. The molecular weight excluding hydrogens is 256 g/mol. The molecular formula is C20H28O. The Balaban J connectivity index is 1.57. The number of hydrogen-bond acceptors (Lipinski definition) is 1. The van der Waals surface area contributed by atoms with Gasteiger partial charge >= 0.3 is 0 Å². The zero-order valence-corrected chi connectivity index (χ0v) is 13.2. The Morgan fingerprint density at radius 2 is 1.52 bits per heavy atom. The van der Waals surface area contributed by atoms with Crippen molar-refractivity contribution in [2.45, 2.75) is 64.4 Å². The van der Waals surface area contributed by atoms with E-state index in [2.05, 4.69) is 31.2 Å². The van der Waals surface area contributed by atoms with Gasteiger partial charge < -0.3 is 5.11 Å². The molecule has 4 bridgehead atoms. The molecule has 4 saturated carbocycles. The second kappa shape index (κ2) is 5.12. The second-order valence-corrected chi connectivity index (χ2v) is 8.17. The lowest BCUT2D eigenvalue weighted by atomic mass is 9.47. The van der Waals surface area contributed by atoms with E-state index in [-0.39, 0.29) is 11.5 Å². The first kappa shape index (κ1) is 13.8. The monoisotopic (exact) mass is 284 g/mol. The van der Waals surface area contributed by atoms with Crippen molar-refractivity contribution in [1.29, 1.82) is 0 Å². The topological polar surface area (TPSA) is 20.2 Å². The van der Waals surface area contributed by atoms with Crippen molar-refractivity contribution in [3.8, 4) is 0 Å². The largest absolute Gasteiger partial charge is 0.388 e. The van der Waals surface area contributed by atoms with E-state index >= 15 is 0 Å². The third-order valence-electron chi connectivity index (χ3n) is 6.50. The molecule has 0 heterocycles. The molecule has 0 radical (unpaired) electrons. The van der Waals surface area contributed by atoms with Crippen molar-refractivity contribution in [2.75, 3.05) is 0 Å². The number of aliphatic hydroxyl groups excluding tert-OH is 1. The molecule has 0 saturated heterocycles. The Labute approximate surface area is 128 Å². The molecule has 1 aromatic rings. The van der Waals surface area contributed by atoms with Crippen LogP contribution in [0.25, 0.3) is 0 Å². The summed E-state index contributed by atoms with van der Waals surface area (Å²) in [6.45, 7) is 2.22. The van der Waals surface area contributed by atoms with Crippen LogP contribution in [0.15, 0.2) is 24.3 Å². The van der Waals surface area contributed by atoms with Gasteiger partial charge in [-0.05, 0) is 73.8 Å². The van der Waals surface area contributed by atoms with E-state index in [1.165, 1.54) is 50.5 Å². The van der Waals surface area contributed by atoms with Crippen LogP contribution in [0.4, 0.5) is 0 Å². The summed E-state index contributed by atoms with van der Waals surface area (Å²) in [6, 6.07) is 8.83. The van der Waals surface area contributed by atoms with E-state index in [1.807, 2.05) is 0 Å². The van der Waals surface area contributed by atoms with Crippen molar-refractivity contribution in [3.63, 3.8) is 0 Å². The third kappa shape index (κ3) is 2.34. The summed E-state index contributed by atoms with van der Waals surface area (Å²) < 4.78 is 0. The lowest BCUT2D eigenvalue weighted by Crippen LogP contribution is -2.48. The summed E-state index contributed by atoms with van der Waals surface area (Å²) in [4.78, 5) is 0. The highest BCUT2D eigenvalue weighted by atomic mass is 16.3. The maximum atomic E-state index is 11.1. The average Bonchev–Trinajstić information content (AvgIpc) is 2.46. The first-order chi connectivity index (χ1) is 10.2. The molecule has 0 amide bonds. The van der Waals surface area contributed by atoms with E-state index in [9.17, 15) is 5.11 Å². The van der Waals surface area contributed by atoms with Gasteiger partial charge in [-0.15, -0.1) is 0 Å². The molecule has 1 N–H and O–H groups in total. The number of aliphatic hydroxyl groups is 1. The van der Waals surface area contributed by atoms with Gasteiger partial charge in [0.15, 0.2) is 0 Å². The van der Waals surface area contributed by atoms with Gasteiger partial charge in [0.2, 0.25) is 0 Å². The molecule has 4 aliphatic rings. The van der Waals surface area contributed by atoms with Gasteiger partial charge in [-0.1, -0.05) is 37.6 Å². The van der Waals surface area contributed by atoms with Gasteiger partial charge in [0.1, 0.15) is 0 Å². The summed E-state index contributed by atoms with van der Waals surface area (Å²) >= 11 is 0. The Kier molecular flexibility index (Phi) is 3.37. The van der Waals surface area contributed by atoms with E-state index in [0.717, 1.165) is 29.7 Å². The fourth-order valence-corrected chi connectivity index (χ4v) is 6.02. The van der Waals surface area contributed by atoms with Crippen molar-refractivity contribution < 1.29 is 5.11 Å². The predicted octanol–water partition coefficient (Wildman–Crippen LogP) is 4.89. The highest BCUT2D eigenvalue weighted by molar-refractivity contribution is 5.26. The quantitative estimate of drug-likeness (QED) is 0.834. The molecule has 4 aliphatic carbocycles. The fraction of sp³-hybridized carbons (Fsp3) is 0.700. The fourth-order valence-electron chi connectivity index (χ4n) is 6.02.